The predicted octanol–water partition coefficient (Wildman–Crippen LogP) is 1.42. The highest BCUT2D eigenvalue weighted by atomic mass is 16.2. The molecule has 1 heterocycles. The molecule has 20 heavy (non-hydrogen) atoms. The van der Waals surface area contributed by atoms with E-state index in [9.17, 15) is 4.79 Å². The van der Waals surface area contributed by atoms with Crippen LogP contribution in [-0.4, -0.2) is 53.2 Å². The molecule has 0 aliphatic carbocycles. The number of hydrogen-bond donors (Lipinski definition) is 2. The first-order chi connectivity index (χ1) is 9.01. The van der Waals surface area contributed by atoms with Gasteiger partial charge in [0.15, 0.2) is 0 Å². The molecule has 1 amide bonds. The Balaban J connectivity index is 2.62. The van der Waals surface area contributed by atoms with Gasteiger partial charge in [-0.2, -0.15) is 0 Å². The quantitative estimate of drug-likeness (QED) is 0.856. The molecule has 1 rings (SSSR count). The van der Waals surface area contributed by atoms with Crippen LogP contribution in [0.5, 0.6) is 0 Å². The highest BCUT2D eigenvalue weighted by molar-refractivity contribution is 5.90. The first-order valence-corrected chi connectivity index (χ1v) is 6.87. The van der Waals surface area contributed by atoms with Gasteiger partial charge in [-0.15, -0.1) is 5.10 Å². The maximum atomic E-state index is 12.0. The molecule has 0 unspecified atom stereocenters. The number of aromatic nitrogens is 3. The van der Waals surface area contributed by atoms with E-state index in [2.05, 4.69) is 39.2 Å². The van der Waals surface area contributed by atoms with Crippen molar-refractivity contribution < 1.29 is 4.79 Å². The molecule has 6 heteroatoms. The van der Waals surface area contributed by atoms with E-state index in [1.165, 1.54) is 0 Å². The van der Waals surface area contributed by atoms with Crippen molar-refractivity contribution in [1.82, 2.24) is 25.4 Å². The molecule has 0 bridgehead atoms. The lowest BCUT2D eigenvalue weighted by Crippen LogP contribution is -2.40. The molecule has 114 valence electrons. The van der Waals surface area contributed by atoms with E-state index in [0.29, 0.717) is 6.54 Å². The number of nitrogens with one attached hydrogen (secondary N) is 2. The Hall–Kier alpha value is -1.43. The number of aromatic amines is 1. The number of carbonyl (C=O) groups is 1. The fourth-order valence-electron chi connectivity index (χ4n) is 2.01. The SMILES string of the molecule is CN(C)CC(C)(C)CNC(=O)c1n[nH]c(C(C)(C)C)n1. The molecule has 0 spiro atoms. The van der Waals surface area contributed by atoms with Crippen LogP contribution in [0.15, 0.2) is 0 Å². The molecule has 1 aromatic heterocycles. The summed E-state index contributed by atoms with van der Waals surface area (Å²) in [4.78, 5) is 18.4. The molecular weight excluding hydrogens is 254 g/mol. The van der Waals surface area contributed by atoms with Gasteiger partial charge in [0.1, 0.15) is 5.82 Å². The minimum atomic E-state index is -0.233. The van der Waals surface area contributed by atoms with Crippen molar-refractivity contribution >= 4 is 5.91 Å². The summed E-state index contributed by atoms with van der Waals surface area (Å²) in [6.45, 7) is 11.8. The van der Waals surface area contributed by atoms with Gasteiger partial charge in [-0.3, -0.25) is 9.89 Å². The lowest BCUT2D eigenvalue weighted by molar-refractivity contribution is 0.0919. The van der Waals surface area contributed by atoms with Gasteiger partial charge in [-0.25, -0.2) is 4.98 Å². The largest absolute Gasteiger partial charge is 0.349 e. The number of amides is 1. The third-order valence-electron chi connectivity index (χ3n) is 2.87. The fraction of sp³-hybridized carbons (Fsp3) is 0.786. The predicted molar refractivity (Wildman–Crippen MR) is 79.8 cm³/mol. The summed E-state index contributed by atoms with van der Waals surface area (Å²) in [5, 5.41) is 9.71. The second kappa shape index (κ2) is 5.91. The number of nitrogens with zero attached hydrogens (tertiary/aromatic N) is 3. The van der Waals surface area contributed by atoms with Gasteiger partial charge in [0.2, 0.25) is 5.82 Å². The highest BCUT2D eigenvalue weighted by Gasteiger charge is 2.23. The molecule has 1 aromatic rings. The van der Waals surface area contributed by atoms with E-state index in [1.54, 1.807) is 0 Å². The van der Waals surface area contributed by atoms with Gasteiger partial charge in [-0.05, 0) is 19.5 Å². The standard InChI is InChI=1S/C14H27N5O/c1-13(2,3)12-16-10(17-18-12)11(20)15-8-14(4,5)9-19(6)7/h8-9H2,1-7H3,(H,15,20)(H,16,17,18). The van der Waals surface area contributed by atoms with Crippen LogP contribution in [0.2, 0.25) is 0 Å². The number of hydrogen-bond acceptors (Lipinski definition) is 4. The van der Waals surface area contributed by atoms with Gasteiger partial charge in [-0.1, -0.05) is 34.6 Å². The zero-order valence-corrected chi connectivity index (χ0v) is 13.7. The van der Waals surface area contributed by atoms with Crippen LogP contribution in [0.1, 0.15) is 51.1 Å². The maximum absolute atomic E-state index is 12.0. The topological polar surface area (TPSA) is 73.9 Å². The number of carbonyl (C=O) groups excluding carboxylic acids is 1. The van der Waals surface area contributed by atoms with E-state index in [-0.39, 0.29) is 22.6 Å². The summed E-state index contributed by atoms with van der Waals surface area (Å²) in [6.07, 6.45) is 0. The first kappa shape index (κ1) is 16.6. The van der Waals surface area contributed by atoms with Crippen LogP contribution in [-0.2, 0) is 5.41 Å². The van der Waals surface area contributed by atoms with Crippen LogP contribution in [0.3, 0.4) is 0 Å². The van der Waals surface area contributed by atoms with Crippen LogP contribution < -0.4 is 5.32 Å². The maximum Gasteiger partial charge on any atom is 0.290 e. The molecule has 6 nitrogen and oxygen atoms in total. The Bertz CT molecular complexity index is 456. The lowest BCUT2D eigenvalue weighted by Gasteiger charge is -2.28. The molecule has 0 fully saturated rings. The van der Waals surface area contributed by atoms with E-state index >= 15 is 0 Å². The third-order valence-corrected chi connectivity index (χ3v) is 2.87. The van der Waals surface area contributed by atoms with Crippen molar-refractivity contribution in [3.63, 3.8) is 0 Å². The molecule has 0 radical (unpaired) electrons. The van der Waals surface area contributed by atoms with Gasteiger partial charge in [0.05, 0.1) is 0 Å². The molecule has 0 aromatic carbocycles. The average Bonchev–Trinajstić information content (AvgIpc) is 2.72. The summed E-state index contributed by atoms with van der Waals surface area (Å²) in [5.41, 5.74) is -0.141. The van der Waals surface area contributed by atoms with E-state index < -0.39 is 0 Å². The van der Waals surface area contributed by atoms with Crippen molar-refractivity contribution in [3.8, 4) is 0 Å². The Morgan fingerprint density at radius 1 is 1.25 bits per heavy atom. The van der Waals surface area contributed by atoms with E-state index in [1.807, 2.05) is 34.9 Å². The average molecular weight is 281 g/mol. The van der Waals surface area contributed by atoms with E-state index in [0.717, 1.165) is 12.4 Å². The number of H-pyrrole nitrogens is 1. The highest BCUT2D eigenvalue weighted by Crippen LogP contribution is 2.17. The van der Waals surface area contributed by atoms with Crippen molar-refractivity contribution in [3.05, 3.63) is 11.6 Å². The van der Waals surface area contributed by atoms with Crippen molar-refractivity contribution in [1.29, 1.82) is 0 Å². The van der Waals surface area contributed by atoms with Crippen LogP contribution in [0.4, 0.5) is 0 Å². The molecule has 0 aliphatic heterocycles. The first-order valence-electron chi connectivity index (χ1n) is 6.87. The summed E-state index contributed by atoms with van der Waals surface area (Å²) in [7, 11) is 4.04. The summed E-state index contributed by atoms with van der Waals surface area (Å²) in [5.74, 6) is 0.689. The van der Waals surface area contributed by atoms with Crippen LogP contribution in [0, 0.1) is 5.41 Å². The van der Waals surface area contributed by atoms with Crippen molar-refractivity contribution in [2.45, 2.75) is 40.0 Å². The smallest absolute Gasteiger partial charge is 0.290 e. The molecule has 0 atom stereocenters. The van der Waals surface area contributed by atoms with Crippen LogP contribution >= 0.6 is 0 Å². The van der Waals surface area contributed by atoms with Crippen LogP contribution in [0.25, 0.3) is 0 Å². The molecule has 0 aliphatic rings. The van der Waals surface area contributed by atoms with Gasteiger partial charge >= 0.3 is 0 Å². The second-order valence-corrected chi connectivity index (χ2v) is 7.34. The zero-order chi connectivity index (χ0) is 15.6. The van der Waals surface area contributed by atoms with Crippen molar-refractivity contribution in [2.75, 3.05) is 27.2 Å². The van der Waals surface area contributed by atoms with Crippen molar-refractivity contribution in [2.24, 2.45) is 5.41 Å². The summed E-state index contributed by atoms with van der Waals surface area (Å²) < 4.78 is 0. The molecule has 0 saturated carbocycles. The molecule has 0 saturated heterocycles. The minimum absolute atomic E-state index is 0.00231. The Morgan fingerprint density at radius 2 is 1.85 bits per heavy atom. The fourth-order valence-corrected chi connectivity index (χ4v) is 2.01. The van der Waals surface area contributed by atoms with Gasteiger partial charge in [0.25, 0.3) is 5.91 Å². The summed E-state index contributed by atoms with van der Waals surface area (Å²) >= 11 is 0. The lowest BCUT2D eigenvalue weighted by atomic mass is 9.93. The number of rotatable bonds is 5. The van der Waals surface area contributed by atoms with E-state index in [4.69, 9.17) is 0 Å². The molecular formula is C14H27N5O. The van der Waals surface area contributed by atoms with Gasteiger partial charge in [0, 0.05) is 18.5 Å². The zero-order valence-electron chi connectivity index (χ0n) is 13.7. The Kier molecular flexibility index (Phi) is 4.91. The summed E-state index contributed by atoms with van der Waals surface area (Å²) in [6, 6.07) is 0. The Morgan fingerprint density at radius 3 is 2.30 bits per heavy atom. The minimum Gasteiger partial charge on any atom is -0.349 e. The monoisotopic (exact) mass is 281 g/mol. The Labute approximate surface area is 121 Å². The second-order valence-electron chi connectivity index (χ2n) is 7.34. The van der Waals surface area contributed by atoms with Gasteiger partial charge < -0.3 is 10.2 Å². The third kappa shape index (κ3) is 4.92. The normalized spacial score (nSPS) is 12.8. The molecule has 2 N–H and O–H groups in total.